The molecule has 1 heterocycles. The predicted octanol–water partition coefficient (Wildman–Crippen LogP) is 3.21. The molecule has 0 bridgehead atoms. The first-order chi connectivity index (χ1) is 7.22. The highest BCUT2D eigenvalue weighted by Gasteiger charge is 2.14. The molecule has 1 rings (SSSR count). The Bertz CT molecular complexity index is 320. The molecule has 0 aliphatic rings. The Hall–Kier alpha value is -0.350. The second-order valence-electron chi connectivity index (χ2n) is 3.36. The lowest BCUT2D eigenvalue weighted by molar-refractivity contribution is 0.0943. The van der Waals surface area contributed by atoms with Gasteiger partial charge in [0.05, 0.1) is 4.88 Å². The van der Waals surface area contributed by atoms with Crippen LogP contribution >= 0.6 is 27.3 Å². The van der Waals surface area contributed by atoms with Gasteiger partial charge in [0.15, 0.2) is 0 Å². The van der Waals surface area contributed by atoms with Gasteiger partial charge in [0.1, 0.15) is 0 Å². The molecule has 0 aromatic carbocycles. The number of aryl methyl sites for hydroxylation is 1. The first kappa shape index (κ1) is 12.7. The molecule has 0 radical (unpaired) electrons. The third-order valence-corrected chi connectivity index (χ3v) is 4.09. The van der Waals surface area contributed by atoms with Crippen LogP contribution in [0.4, 0.5) is 0 Å². The van der Waals surface area contributed by atoms with E-state index in [1.54, 1.807) is 0 Å². The number of rotatable bonds is 5. The molecule has 0 saturated heterocycles. The highest BCUT2D eigenvalue weighted by atomic mass is 79.9. The molecule has 0 aliphatic carbocycles. The van der Waals surface area contributed by atoms with Gasteiger partial charge in [-0.25, -0.2) is 0 Å². The van der Waals surface area contributed by atoms with Gasteiger partial charge in [-0.3, -0.25) is 4.79 Å². The molecule has 1 unspecified atom stereocenters. The van der Waals surface area contributed by atoms with Crippen LogP contribution in [0.25, 0.3) is 0 Å². The van der Waals surface area contributed by atoms with Gasteiger partial charge in [-0.2, -0.15) is 0 Å². The first-order valence-electron chi connectivity index (χ1n) is 5.16. The molecule has 1 aromatic heterocycles. The van der Waals surface area contributed by atoms with Crippen LogP contribution in [0.2, 0.25) is 0 Å². The summed E-state index contributed by atoms with van der Waals surface area (Å²) in [6.45, 7) is 4.14. The van der Waals surface area contributed by atoms with E-state index < -0.39 is 0 Å². The molecule has 0 saturated carbocycles. The number of amides is 1. The van der Waals surface area contributed by atoms with Gasteiger partial charge in [0.25, 0.3) is 5.91 Å². The van der Waals surface area contributed by atoms with Crippen molar-refractivity contribution in [3.8, 4) is 0 Å². The van der Waals surface area contributed by atoms with Crippen LogP contribution in [0, 0.1) is 0 Å². The number of hydrogen-bond donors (Lipinski definition) is 1. The molecule has 1 atom stereocenters. The lowest BCUT2D eigenvalue weighted by atomic mass is 10.2. The van der Waals surface area contributed by atoms with Crippen molar-refractivity contribution in [3.05, 3.63) is 21.9 Å². The Morgan fingerprint density at radius 1 is 1.60 bits per heavy atom. The first-order valence-corrected chi connectivity index (χ1v) is 7.16. The normalized spacial score (nSPS) is 12.5. The summed E-state index contributed by atoms with van der Waals surface area (Å²) >= 11 is 4.91. The zero-order chi connectivity index (χ0) is 11.3. The van der Waals surface area contributed by atoms with Crippen LogP contribution in [0.15, 0.2) is 11.4 Å². The molecule has 4 heteroatoms. The van der Waals surface area contributed by atoms with E-state index in [0.717, 1.165) is 28.6 Å². The topological polar surface area (TPSA) is 29.1 Å². The number of carbonyl (C=O) groups is 1. The fourth-order valence-corrected chi connectivity index (χ4v) is 2.83. The van der Waals surface area contributed by atoms with Crippen LogP contribution in [0.3, 0.4) is 0 Å². The van der Waals surface area contributed by atoms with Crippen LogP contribution in [0.5, 0.6) is 0 Å². The van der Waals surface area contributed by atoms with Gasteiger partial charge in [-0.15, -0.1) is 11.3 Å². The van der Waals surface area contributed by atoms with Gasteiger partial charge in [-0.05, 0) is 29.9 Å². The largest absolute Gasteiger partial charge is 0.348 e. The number of halogens is 1. The Labute approximate surface area is 103 Å². The van der Waals surface area contributed by atoms with Gasteiger partial charge >= 0.3 is 0 Å². The molecule has 0 aliphatic heterocycles. The second kappa shape index (κ2) is 6.28. The maximum atomic E-state index is 11.9. The average Bonchev–Trinajstić information content (AvgIpc) is 2.73. The van der Waals surface area contributed by atoms with E-state index in [9.17, 15) is 4.79 Å². The van der Waals surface area contributed by atoms with Gasteiger partial charge in [-0.1, -0.05) is 29.8 Å². The highest BCUT2D eigenvalue weighted by molar-refractivity contribution is 9.09. The molecule has 0 spiro atoms. The Morgan fingerprint density at radius 3 is 2.87 bits per heavy atom. The molecule has 15 heavy (non-hydrogen) atoms. The summed E-state index contributed by atoms with van der Waals surface area (Å²) < 4.78 is 0. The molecule has 0 fully saturated rings. The summed E-state index contributed by atoms with van der Waals surface area (Å²) in [5.41, 5.74) is 1.14. The monoisotopic (exact) mass is 289 g/mol. The van der Waals surface area contributed by atoms with E-state index in [-0.39, 0.29) is 11.9 Å². The smallest absolute Gasteiger partial charge is 0.261 e. The number of thiophene rings is 1. The summed E-state index contributed by atoms with van der Waals surface area (Å²) in [6, 6.07) is 2.25. The predicted molar refractivity (Wildman–Crippen MR) is 69.0 cm³/mol. The summed E-state index contributed by atoms with van der Waals surface area (Å²) in [4.78, 5) is 12.8. The molecule has 2 nitrogen and oxygen atoms in total. The third kappa shape index (κ3) is 3.31. The second-order valence-corrected chi connectivity index (χ2v) is 4.93. The molecule has 1 aromatic rings. The zero-order valence-corrected chi connectivity index (χ0v) is 11.5. The maximum Gasteiger partial charge on any atom is 0.261 e. The Morgan fingerprint density at radius 2 is 2.33 bits per heavy atom. The fraction of sp³-hybridized carbons (Fsp3) is 0.545. The van der Waals surface area contributed by atoms with E-state index in [2.05, 4.69) is 35.1 Å². The summed E-state index contributed by atoms with van der Waals surface area (Å²) in [5, 5.41) is 5.80. The molecule has 1 amide bonds. The van der Waals surface area contributed by atoms with Crippen molar-refractivity contribution in [2.75, 3.05) is 5.33 Å². The lowest BCUT2D eigenvalue weighted by Crippen LogP contribution is -2.35. The van der Waals surface area contributed by atoms with E-state index in [0.29, 0.717) is 0 Å². The van der Waals surface area contributed by atoms with Gasteiger partial charge in [0, 0.05) is 11.4 Å². The lowest BCUT2D eigenvalue weighted by Gasteiger charge is -2.13. The standard InChI is InChI=1S/C11H16BrNOS/c1-3-8-5-6-15-10(8)11(14)13-9(4-2)7-12/h5-6,9H,3-4,7H2,1-2H3,(H,13,14). The van der Waals surface area contributed by atoms with Crippen molar-refractivity contribution in [3.63, 3.8) is 0 Å². The summed E-state index contributed by atoms with van der Waals surface area (Å²) in [5.74, 6) is 0.0631. The van der Waals surface area contributed by atoms with Crippen LogP contribution in [-0.2, 0) is 6.42 Å². The minimum Gasteiger partial charge on any atom is -0.348 e. The Kier molecular flexibility index (Phi) is 5.32. The van der Waals surface area contributed by atoms with E-state index >= 15 is 0 Å². The molecular formula is C11H16BrNOS. The minimum atomic E-state index is 0.0631. The third-order valence-electron chi connectivity index (χ3n) is 2.35. The van der Waals surface area contributed by atoms with Crippen molar-refractivity contribution >= 4 is 33.2 Å². The fourth-order valence-electron chi connectivity index (χ4n) is 1.31. The SMILES string of the molecule is CCc1ccsc1C(=O)NC(CC)CBr. The summed E-state index contributed by atoms with van der Waals surface area (Å²) in [7, 11) is 0. The van der Waals surface area contributed by atoms with Crippen LogP contribution in [0.1, 0.15) is 35.5 Å². The molecule has 84 valence electrons. The zero-order valence-electron chi connectivity index (χ0n) is 9.05. The number of hydrogen-bond acceptors (Lipinski definition) is 2. The average molecular weight is 290 g/mol. The van der Waals surface area contributed by atoms with Crippen molar-refractivity contribution < 1.29 is 4.79 Å². The van der Waals surface area contributed by atoms with E-state index in [1.807, 2.05) is 11.4 Å². The quantitative estimate of drug-likeness (QED) is 0.829. The number of alkyl halides is 1. The van der Waals surface area contributed by atoms with Crippen molar-refractivity contribution in [2.45, 2.75) is 32.7 Å². The number of carbonyl (C=O) groups excluding carboxylic acids is 1. The van der Waals surface area contributed by atoms with Crippen molar-refractivity contribution in [1.82, 2.24) is 5.32 Å². The van der Waals surface area contributed by atoms with Crippen LogP contribution in [-0.4, -0.2) is 17.3 Å². The van der Waals surface area contributed by atoms with Crippen LogP contribution < -0.4 is 5.32 Å². The highest BCUT2D eigenvalue weighted by Crippen LogP contribution is 2.17. The van der Waals surface area contributed by atoms with Crippen molar-refractivity contribution in [2.24, 2.45) is 0 Å². The number of nitrogens with one attached hydrogen (secondary N) is 1. The maximum absolute atomic E-state index is 11.9. The van der Waals surface area contributed by atoms with Gasteiger partial charge < -0.3 is 5.32 Å². The minimum absolute atomic E-state index is 0.0631. The van der Waals surface area contributed by atoms with E-state index in [4.69, 9.17) is 0 Å². The van der Waals surface area contributed by atoms with E-state index in [1.165, 1.54) is 11.3 Å². The summed E-state index contributed by atoms with van der Waals surface area (Å²) in [6.07, 6.45) is 1.86. The van der Waals surface area contributed by atoms with Gasteiger partial charge in [0.2, 0.25) is 0 Å². The molecule has 1 N–H and O–H groups in total. The Balaban J connectivity index is 2.68. The molecular weight excluding hydrogens is 274 g/mol. The van der Waals surface area contributed by atoms with Crippen molar-refractivity contribution in [1.29, 1.82) is 0 Å².